The summed E-state index contributed by atoms with van der Waals surface area (Å²) in [6.45, 7) is 1.10. The fourth-order valence-electron chi connectivity index (χ4n) is 4.02. The topological polar surface area (TPSA) is 57.7 Å². The summed E-state index contributed by atoms with van der Waals surface area (Å²) >= 11 is 0. The van der Waals surface area contributed by atoms with Crippen molar-refractivity contribution < 1.29 is 14.4 Å². The Morgan fingerprint density at radius 1 is 0.828 bits per heavy atom. The molecule has 0 aromatic heterocycles. The van der Waals surface area contributed by atoms with Crippen molar-refractivity contribution in [2.45, 2.75) is 25.7 Å². The lowest BCUT2D eigenvalue weighted by molar-refractivity contribution is -0.119. The van der Waals surface area contributed by atoms with Gasteiger partial charge in [0, 0.05) is 37.5 Å². The number of ketones is 1. The van der Waals surface area contributed by atoms with E-state index < -0.39 is 0 Å². The Kier molecular flexibility index (Phi) is 5.47. The molecule has 5 heteroatoms. The molecule has 0 radical (unpaired) electrons. The van der Waals surface area contributed by atoms with Crippen molar-refractivity contribution in [2.24, 2.45) is 11.8 Å². The van der Waals surface area contributed by atoms with Crippen LogP contribution in [0.25, 0.3) is 0 Å². The van der Waals surface area contributed by atoms with E-state index in [1.54, 1.807) is 18.0 Å². The van der Waals surface area contributed by atoms with Crippen LogP contribution < -0.4 is 4.90 Å². The second-order valence-corrected chi connectivity index (χ2v) is 7.99. The summed E-state index contributed by atoms with van der Waals surface area (Å²) in [4.78, 5) is 41.8. The van der Waals surface area contributed by atoms with Crippen molar-refractivity contribution in [3.63, 3.8) is 0 Å². The molecular formula is C24H26N2O3. The number of likely N-dealkylation sites (tertiary alicyclic amines) is 1. The number of carbonyl (C=O) groups is 3. The Hall–Kier alpha value is -2.95. The molecule has 4 rings (SSSR count). The molecule has 0 atom stereocenters. The maximum absolute atomic E-state index is 13.2. The summed E-state index contributed by atoms with van der Waals surface area (Å²) < 4.78 is 0. The zero-order valence-electron chi connectivity index (χ0n) is 16.7. The third-order valence-electron chi connectivity index (χ3n) is 5.96. The smallest absolute Gasteiger partial charge is 0.255 e. The first-order valence-electron chi connectivity index (χ1n) is 10.3. The van der Waals surface area contributed by atoms with Crippen molar-refractivity contribution in [1.29, 1.82) is 0 Å². The quantitative estimate of drug-likeness (QED) is 0.730. The van der Waals surface area contributed by atoms with Crippen LogP contribution in [0.3, 0.4) is 0 Å². The van der Waals surface area contributed by atoms with Crippen molar-refractivity contribution in [3.8, 4) is 0 Å². The van der Waals surface area contributed by atoms with Crippen molar-refractivity contribution in [3.05, 3.63) is 65.7 Å². The molecule has 5 nitrogen and oxygen atoms in total. The Balaban J connectivity index is 1.44. The van der Waals surface area contributed by atoms with Crippen LogP contribution in [0.5, 0.6) is 0 Å². The Morgan fingerprint density at radius 3 is 2.10 bits per heavy atom. The minimum absolute atomic E-state index is 0.0455. The van der Waals surface area contributed by atoms with E-state index in [0.717, 1.165) is 18.4 Å². The van der Waals surface area contributed by atoms with E-state index in [2.05, 4.69) is 0 Å². The number of hydrogen-bond donors (Lipinski definition) is 0. The van der Waals surface area contributed by atoms with E-state index in [4.69, 9.17) is 0 Å². The zero-order chi connectivity index (χ0) is 20.4. The minimum Gasteiger partial charge on any atom is -0.339 e. The molecule has 2 aromatic carbocycles. The number of para-hydroxylation sites is 1. The van der Waals surface area contributed by atoms with Gasteiger partial charge < -0.3 is 9.80 Å². The summed E-state index contributed by atoms with van der Waals surface area (Å²) in [6.07, 6.45) is 3.20. The number of anilines is 1. The minimum atomic E-state index is -0.0679. The third kappa shape index (κ3) is 4.09. The number of piperidine rings is 1. The van der Waals surface area contributed by atoms with Gasteiger partial charge in [-0.15, -0.1) is 0 Å². The van der Waals surface area contributed by atoms with Gasteiger partial charge >= 0.3 is 0 Å². The molecule has 2 aromatic rings. The van der Waals surface area contributed by atoms with Gasteiger partial charge in [-0.3, -0.25) is 14.4 Å². The van der Waals surface area contributed by atoms with Crippen LogP contribution in [0, 0.1) is 11.8 Å². The molecule has 1 heterocycles. The SMILES string of the molecule is CN(C(=O)C1CC1)c1ccccc1C(=O)N1CCC(C(=O)c2ccccc2)CC1. The normalized spacial score (nSPS) is 17.1. The van der Waals surface area contributed by atoms with E-state index in [-0.39, 0.29) is 29.4 Å². The third-order valence-corrected chi connectivity index (χ3v) is 5.96. The number of amides is 2. The number of nitrogens with zero attached hydrogens (tertiary/aromatic N) is 2. The van der Waals surface area contributed by atoms with Crippen molar-refractivity contribution >= 4 is 23.3 Å². The fourth-order valence-corrected chi connectivity index (χ4v) is 4.02. The molecule has 0 spiro atoms. The van der Waals surface area contributed by atoms with Crippen LogP contribution in [0.1, 0.15) is 46.4 Å². The molecule has 1 aliphatic carbocycles. The van der Waals surface area contributed by atoms with E-state index in [0.29, 0.717) is 37.2 Å². The number of benzene rings is 2. The van der Waals surface area contributed by atoms with Gasteiger partial charge in [-0.1, -0.05) is 42.5 Å². The molecular weight excluding hydrogens is 364 g/mol. The molecule has 29 heavy (non-hydrogen) atoms. The van der Waals surface area contributed by atoms with Gasteiger partial charge in [-0.05, 0) is 37.8 Å². The molecule has 1 saturated carbocycles. The predicted octanol–water partition coefficient (Wildman–Crippen LogP) is 3.79. The molecule has 0 N–H and O–H groups in total. The average Bonchev–Trinajstić information content (AvgIpc) is 3.63. The monoisotopic (exact) mass is 390 g/mol. The van der Waals surface area contributed by atoms with Crippen LogP contribution >= 0.6 is 0 Å². The highest BCUT2D eigenvalue weighted by Crippen LogP contribution is 2.33. The summed E-state index contributed by atoms with van der Waals surface area (Å²) in [5.74, 6) is 0.227. The van der Waals surface area contributed by atoms with E-state index in [9.17, 15) is 14.4 Å². The van der Waals surface area contributed by atoms with Crippen LogP contribution in [0.4, 0.5) is 5.69 Å². The second-order valence-electron chi connectivity index (χ2n) is 7.99. The van der Waals surface area contributed by atoms with Crippen LogP contribution in [-0.4, -0.2) is 42.6 Å². The molecule has 2 amide bonds. The Bertz CT molecular complexity index is 913. The molecule has 1 saturated heterocycles. The van der Waals surface area contributed by atoms with Crippen LogP contribution in [-0.2, 0) is 4.79 Å². The Morgan fingerprint density at radius 2 is 1.45 bits per heavy atom. The highest BCUT2D eigenvalue weighted by molar-refractivity contribution is 6.05. The zero-order valence-corrected chi connectivity index (χ0v) is 16.7. The fraction of sp³-hybridized carbons (Fsp3) is 0.375. The maximum Gasteiger partial charge on any atom is 0.255 e. The van der Waals surface area contributed by atoms with Crippen LogP contribution in [0.2, 0.25) is 0 Å². The maximum atomic E-state index is 13.2. The summed E-state index contributed by atoms with van der Waals surface area (Å²) in [5, 5.41) is 0. The van der Waals surface area contributed by atoms with Crippen molar-refractivity contribution in [2.75, 3.05) is 25.0 Å². The van der Waals surface area contributed by atoms with Gasteiger partial charge in [-0.25, -0.2) is 0 Å². The van der Waals surface area contributed by atoms with E-state index in [1.807, 2.05) is 53.4 Å². The highest BCUT2D eigenvalue weighted by atomic mass is 16.2. The molecule has 2 fully saturated rings. The lowest BCUT2D eigenvalue weighted by Gasteiger charge is -2.32. The summed E-state index contributed by atoms with van der Waals surface area (Å²) in [6, 6.07) is 16.7. The van der Waals surface area contributed by atoms with Gasteiger partial charge in [0.2, 0.25) is 5.91 Å². The predicted molar refractivity (Wildman–Crippen MR) is 112 cm³/mol. The van der Waals surface area contributed by atoms with E-state index >= 15 is 0 Å². The van der Waals surface area contributed by atoms with Gasteiger partial charge in [-0.2, -0.15) is 0 Å². The molecule has 2 aliphatic rings. The molecule has 150 valence electrons. The number of Topliss-reactive ketones (excluding diaryl/α,β-unsaturated/α-hetero) is 1. The first-order valence-corrected chi connectivity index (χ1v) is 10.3. The lowest BCUT2D eigenvalue weighted by atomic mass is 9.88. The number of hydrogen-bond acceptors (Lipinski definition) is 3. The highest BCUT2D eigenvalue weighted by Gasteiger charge is 2.34. The van der Waals surface area contributed by atoms with Crippen molar-refractivity contribution in [1.82, 2.24) is 4.90 Å². The molecule has 0 bridgehead atoms. The molecule has 1 aliphatic heterocycles. The van der Waals surface area contributed by atoms with Crippen LogP contribution in [0.15, 0.2) is 54.6 Å². The summed E-state index contributed by atoms with van der Waals surface area (Å²) in [7, 11) is 1.75. The van der Waals surface area contributed by atoms with Gasteiger partial charge in [0.05, 0.1) is 11.3 Å². The second kappa shape index (κ2) is 8.19. The molecule has 0 unspecified atom stereocenters. The first-order chi connectivity index (χ1) is 14.1. The summed E-state index contributed by atoms with van der Waals surface area (Å²) in [5.41, 5.74) is 1.96. The van der Waals surface area contributed by atoms with E-state index in [1.165, 1.54) is 0 Å². The number of carbonyl (C=O) groups excluding carboxylic acids is 3. The van der Waals surface area contributed by atoms with Gasteiger partial charge in [0.15, 0.2) is 5.78 Å². The standard InChI is InChI=1S/C24H26N2O3/c1-25(23(28)19-11-12-19)21-10-6-5-9-20(21)24(29)26-15-13-18(14-16-26)22(27)17-7-3-2-4-8-17/h2-10,18-19H,11-16H2,1H3. The largest absolute Gasteiger partial charge is 0.339 e. The first kappa shape index (κ1) is 19.4. The lowest BCUT2D eigenvalue weighted by Crippen LogP contribution is -2.41. The van der Waals surface area contributed by atoms with Gasteiger partial charge in [0.1, 0.15) is 0 Å². The average molecular weight is 390 g/mol. The van der Waals surface area contributed by atoms with Gasteiger partial charge in [0.25, 0.3) is 5.91 Å². The Labute approximate surface area is 171 Å². The number of rotatable bonds is 5.